The number of aryl methyl sites for hydroxylation is 1. The molecule has 0 atom stereocenters. The van der Waals surface area contributed by atoms with Gasteiger partial charge in [0.1, 0.15) is 11.5 Å². The van der Waals surface area contributed by atoms with E-state index < -0.39 is 0 Å². The molecular formula is C15H20N4OS. The number of nitrogens with two attached hydrogens (primary N) is 1. The fraction of sp³-hybridized carbons (Fsp3) is 0.467. The highest BCUT2D eigenvalue weighted by Gasteiger charge is 2.18. The lowest BCUT2D eigenvalue weighted by Gasteiger charge is -2.08. The third-order valence-corrected chi connectivity index (χ3v) is 4.62. The Balaban J connectivity index is 1.49. The maximum atomic E-state index is 5.89. The maximum absolute atomic E-state index is 5.89. The first-order valence-corrected chi connectivity index (χ1v) is 8.23. The number of thiophene rings is 1. The average Bonchev–Trinajstić information content (AvgIpc) is 3.14. The van der Waals surface area contributed by atoms with Crippen LogP contribution in [-0.4, -0.2) is 17.7 Å². The van der Waals surface area contributed by atoms with Crippen molar-refractivity contribution in [2.24, 2.45) is 10.7 Å². The molecule has 1 aliphatic carbocycles. The summed E-state index contributed by atoms with van der Waals surface area (Å²) in [4.78, 5) is 5.71. The van der Waals surface area contributed by atoms with Crippen LogP contribution < -0.4 is 11.1 Å². The molecule has 3 rings (SSSR count). The first-order chi connectivity index (χ1) is 10.3. The molecule has 6 heteroatoms. The van der Waals surface area contributed by atoms with Crippen LogP contribution in [-0.2, 0) is 25.8 Å². The molecule has 2 aromatic heterocycles. The first-order valence-electron chi connectivity index (χ1n) is 7.35. The fourth-order valence-electron chi connectivity index (χ4n) is 2.56. The maximum Gasteiger partial charge on any atom is 0.188 e. The third-order valence-electron chi connectivity index (χ3n) is 3.69. The van der Waals surface area contributed by atoms with Gasteiger partial charge in [-0.1, -0.05) is 11.2 Å². The summed E-state index contributed by atoms with van der Waals surface area (Å²) in [6, 6.07) is 4.19. The smallest absolute Gasteiger partial charge is 0.188 e. The Hall–Kier alpha value is -1.82. The van der Waals surface area contributed by atoms with Crippen molar-refractivity contribution in [2.45, 2.75) is 38.6 Å². The topological polar surface area (TPSA) is 76.4 Å². The molecule has 0 aliphatic heterocycles. The standard InChI is InChI=1S/C15H20N4OS/c16-15(17-8-7-11-4-3-9-21-11)18-10-13-12-5-1-2-6-14(12)20-19-13/h3-4,9H,1-2,5-8,10H2,(H3,16,17,18). The molecule has 21 heavy (non-hydrogen) atoms. The predicted molar refractivity (Wildman–Crippen MR) is 84.5 cm³/mol. The lowest BCUT2D eigenvalue weighted by atomic mass is 9.96. The lowest BCUT2D eigenvalue weighted by molar-refractivity contribution is 0.368. The molecule has 2 heterocycles. The summed E-state index contributed by atoms with van der Waals surface area (Å²) in [5.74, 6) is 1.51. The zero-order valence-electron chi connectivity index (χ0n) is 12.0. The molecule has 1 aliphatic rings. The Morgan fingerprint density at radius 1 is 1.43 bits per heavy atom. The van der Waals surface area contributed by atoms with Crippen molar-refractivity contribution >= 4 is 17.3 Å². The number of nitrogens with one attached hydrogen (secondary N) is 1. The molecule has 0 saturated heterocycles. The zero-order chi connectivity index (χ0) is 14.5. The number of hydrogen-bond acceptors (Lipinski definition) is 4. The third kappa shape index (κ3) is 3.64. The summed E-state index contributed by atoms with van der Waals surface area (Å²) in [5.41, 5.74) is 8.07. The molecule has 0 aromatic carbocycles. The predicted octanol–water partition coefficient (Wildman–Crippen LogP) is 2.26. The van der Waals surface area contributed by atoms with Gasteiger partial charge >= 0.3 is 0 Å². The van der Waals surface area contributed by atoms with Crippen LogP contribution in [0, 0.1) is 0 Å². The minimum atomic E-state index is 0.471. The van der Waals surface area contributed by atoms with Gasteiger partial charge in [-0.05, 0) is 37.1 Å². The van der Waals surface area contributed by atoms with Crippen LogP contribution in [0.15, 0.2) is 27.0 Å². The Bertz CT molecular complexity index is 603. The van der Waals surface area contributed by atoms with E-state index in [2.05, 4.69) is 33.0 Å². The van der Waals surface area contributed by atoms with Crippen LogP contribution in [0.25, 0.3) is 0 Å². The normalized spacial score (nSPS) is 15.0. The van der Waals surface area contributed by atoms with Crippen LogP contribution in [0.2, 0.25) is 0 Å². The number of fused-ring (bicyclic) bond motifs is 1. The molecule has 0 bridgehead atoms. The van der Waals surface area contributed by atoms with E-state index in [-0.39, 0.29) is 0 Å². The van der Waals surface area contributed by atoms with Gasteiger partial charge in [0, 0.05) is 23.4 Å². The van der Waals surface area contributed by atoms with Gasteiger partial charge in [0.2, 0.25) is 0 Å². The minimum Gasteiger partial charge on any atom is -0.370 e. The van der Waals surface area contributed by atoms with Gasteiger partial charge in [-0.3, -0.25) is 0 Å². The Morgan fingerprint density at radius 2 is 2.33 bits per heavy atom. The number of rotatable bonds is 5. The molecule has 0 amide bonds. The molecule has 2 aromatic rings. The van der Waals surface area contributed by atoms with E-state index in [1.807, 2.05) is 0 Å². The highest BCUT2D eigenvalue weighted by atomic mass is 32.1. The van der Waals surface area contributed by atoms with Crippen LogP contribution in [0.5, 0.6) is 0 Å². The zero-order valence-corrected chi connectivity index (χ0v) is 12.8. The molecule has 0 radical (unpaired) electrons. The fourth-order valence-corrected chi connectivity index (χ4v) is 3.27. The molecule has 112 valence electrons. The van der Waals surface area contributed by atoms with Gasteiger partial charge < -0.3 is 15.6 Å². The number of hydrogen-bond donors (Lipinski definition) is 2. The summed E-state index contributed by atoms with van der Waals surface area (Å²) in [5, 5.41) is 9.35. The molecule has 0 fully saturated rings. The van der Waals surface area contributed by atoms with Crippen LogP contribution >= 0.6 is 11.3 Å². The van der Waals surface area contributed by atoms with Crippen LogP contribution in [0.1, 0.15) is 34.7 Å². The lowest BCUT2D eigenvalue weighted by Crippen LogP contribution is -2.33. The first kappa shape index (κ1) is 14.1. The van der Waals surface area contributed by atoms with Gasteiger partial charge in [0.05, 0.1) is 6.54 Å². The molecule has 0 unspecified atom stereocenters. The van der Waals surface area contributed by atoms with E-state index in [0.717, 1.165) is 37.3 Å². The van der Waals surface area contributed by atoms with Crippen molar-refractivity contribution in [3.63, 3.8) is 0 Å². The highest BCUT2D eigenvalue weighted by molar-refractivity contribution is 7.09. The van der Waals surface area contributed by atoms with Crippen LogP contribution in [0.3, 0.4) is 0 Å². The molecular weight excluding hydrogens is 284 g/mol. The largest absolute Gasteiger partial charge is 0.370 e. The van der Waals surface area contributed by atoms with Crippen molar-refractivity contribution in [1.29, 1.82) is 0 Å². The van der Waals surface area contributed by atoms with Crippen LogP contribution in [0.4, 0.5) is 0 Å². The monoisotopic (exact) mass is 304 g/mol. The highest BCUT2D eigenvalue weighted by Crippen LogP contribution is 2.24. The summed E-state index contributed by atoms with van der Waals surface area (Å²) in [7, 11) is 0. The Morgan fingerprint density at radius 3 is 3.19 bits per heavy atom. The second-order valence-electron chi connectivity index (χ2n) is 5.20. The molecule has 3 N–H and O–H groups in total. The van der Waals surface area contributed by atoms with Crippen molar-refractivity contribution in [3.05, 3.63) is 39.4 Å². The molecule has 0 spiro atoms. The van der Waals surface area contributed by atoms with Crippen molar-refractivity contribution in [3.8, 4) is 0 Å². The Labute approximate surface area is 128 Å². The summed E-state index contributed by atoms with van der Waals surface area (Å²) in [6.07, 6.45) is 5.42. The average molecular weight is 304 g/mol. The second-order valence-corrected chi connectivity index (χ2v) is 6.23. The van der Waals surface area contributed by atoms with E-state index in [1.165, 1.54) is 23.3 Å². The summed E-state index contributed by atoms with van der Waals surface area (Å²) in [6.45, 7) is 1.30. The summed E-state index contributed by atoms with van der Waals surface area (Å²) < 4.78 is 5.37. The van der Waals surface area contributed by atoms with E-state index in [1.54, 1.807) is 11.3 Å². The van der Waals surface area contributed by atoms with E-state index in [9.17, 15) is 0 Å². The van der Waals surface area contributed by atoms with E-state index in [0.29, 0.717) is 12.5 Å². The number of nitrogens with zero attached hydrogens (tertiary/aromatic N) is 2. The molecule has 5 nitrogen and oxygen atoms in total. The number of aliphatic imine (C=N–C) groups is 1. The SMILES string of the molecule is NC(=NCc1noc2c1CCCC2)NCCc1cccs1. The van der Waals surface area contributed by atoms with Gasteiger partial charge in [-0.2, -0.15) is 0 Å². The summed E-state index contributed by atoms with van der Waals surface area (Å²) >= 11 is 1.76. The van der Waals surface area contributed by atoms with Gasteiger partial charge in [0.15, 0.2) is 5.96 Å². The Kier molecular flexibility index (Phi) is 4.55. The van der Waals surface area contributed by atoms with Gasteiger partial charge in [0.25, 0.3) is 0 Å². The number of aromatic nitrogens is 1. The van der Waals surface area contributed by atoms with Gasteiger partial charge in [-0.25, -0.2) is 4.99 Å². The van der Waals surface area contributed by atoms with Crippen molar-refractivity contribution in [1.82, 2.24) is 10.5 Å². The van der Waals surface area contributed by atoms with Gasteiger partial charge in [-0.15, -0.1) is 11.3 Å². The van der Waals surface area contributed by atoms with E-state index in [4.69, 9.17) is 10.3 Å². The van der Waals surface area contributed by atoms with E-state index >= 15 is 0 Å². The molecule has 0 saturated carbocycles. The second kappa shape index (κ2) is 6.76. The quantitative estimate of drug-likeness (QED) is 0.656. The van der Waals surface area contributed by atoms with Crippen molar-refractivity contribution in [2.75, 3.05) is 6.54 Å². The van der Waals surface area contributed by atoms with Crippen molar-refractivity contribution < 1.29 is 4.52 Å². The number of guanidine groups is 1. The minimum absolute atomic E-state index is 0.471.